The van der Waals surface area contributed by atoms with Crippen LogP contribution in [-0.2, 0) is 0 Å². The summed E-state index contributed by atoms with van der Waals surface area (Å²) in [7, 11) is 0. The number of nitrogens with zero attached hydrogens (tertiary/aromatic N) is 1. The summed E-state index contributed by atoms with van der Waals surface area (Å²) >= 11 is 0. The Kier molecular flexibility index (Phi) is 4.94. The fourth-order valence-electron chi connectivity index (χ4n) is 2.59. The number of furan rings is 1. The maximum Gasteiger partial charge on any atom is 0.291 e. The van der Waals surface area contributed by atoms with Gasteiger partial charge in [0.15, 0.2) is 5.76 Å². The van der Waals surface area contributed by atoms with Crippen LogP contribution in [0.3, 0.4) is 0 Å². The minimum Gasteiger partial charge on any atom is -0.459 e. The minimum atomic E-state index is -0.412. The van der Waals surface area contributed by atoms with Gasteiger partial charge in [0.25, 0.3) is 5.91 Å². The lowest BCUT2D eigenvalue weighted by Crippen LogP contribution is -2.31. The Morgan fingerprint density at radius 3 is 2.25 bits per heavy atom. The molecule has 0 radical (unpaired) electrons. The SMILES string of the molecule is Cc1cc(C)cc(/C(C#N)=C(\NC(=O)c2ccco2)C(C)(C)C)c1. The molecule has 1 aromatic carbocycles. The maximum atomic E-state index is 12.4. The number of hydrogen-bond donors (Lipinski definition) is 1. The average molecular weight is 322 g/mol. The molecule has 0 atom stereocenters. The Labute approximate surface area is 142 Å². The van der Waals surface area contributed by atoms with E-state index < -0.39 is 5.41 Å². The molecule has 0 spiro atoms. The lowest BCUT2D eigenvalue weighted by molar-refractivity contribution is 0.0930. The van der Waals surface area contributed by atoms with Crippen LogP contribution in [0, 0.1) is 30.6 Å². The molecule has 0 aliphatic rings. The third-order valence-electron chi connectivity index (χ3n) is 3.61. The molecule has 1 N–H and O–H groups in total. The summed E-state index contributed by atoms with van der Waals surface area (Å²) in [6, 6.07) is 11.5. The average Bonchev–Trinajstić information content (AvgIpc) is 2.99. The third-order valence-corrected chi connectivity index (χ3v) is 3.61. The Balaban J connectivity index is 2.56. The standard InChI is InChI=1S/C20H22N2O2/c1-13-9-14(2)11-15(10-13)16(12-21)18(20(3,4)5)22-19(23)17-7-6-8-24-17/h6-11H,1-5H3,(H,22,23)/b18-16-. The lowest BCUT2D eigenvalue weighted by Gasteiger charge is -2.25. The highest BCUT2D eigenvalue weighted by Gasteiger charge is 2.25. The molecule has 24 heavy (non-hydrogen) atoms. The number of aryl methyl sites for hydroxylation is 2. The molecule has 2 aromatic rings. The minimum absolute atomic E-state index is 0.217. The van der Waals surface area contributed by atoms with Crippen LogP contribution in [0.2, 0.25) is 0 Å². The summed E-state index contributed by atoms with van der Waals surface area (Å²) in [4.78, 5) is 12.4. The van der Waals surface area contributed by atoms with Crippen LogP contribution in [0.4, 0.5) is 0 Å². The van der Waals surface area contributed by atoms with Crippen LogP contribution >= 0.6 is 0 Å². The monoisotopic (exact) mass is 322 g/mol. The van der Waals surface area contributed by atoms with Crippen molar-refractivity contribution < 1.29 is 9.21 Å². The van der Waals surface area contributed by atoms with Gasteiger partial charge in [-0.25, -0.2) is 0 Å². The number of nitriles is 1. The maximum absolute atomic E-state index is 12.4. The van der Waals surface area contributed by atoms with Gasteiger partial charge < -0.3 is 9.73 Å². The highest BCUT2D eigenvalue weighted by atomic mass is 16.3. The summed E-state index contributed by atoms with van der Waals surface area (Å²) in [6.07, 6.45) is 1.45. The van der Waals surface area contributed by atoms with E-state index >= 15 is 0 Å². The van der Waals surface area contributed by atoms with Gasteiger partial charge in [0.2, 0.25) is 0 Å². The van der Waals surface area contributed by atoms with E-state index in [9.17, 15) is 10.1 Å². The molecule has 4 heteroatoms. The van der Waals surface area contributed by atoms with Crippen molar-refractivity contribution in [2.24, 2.45) is 5.41 Å². The number of benzene rings is 1. The van der Waals surface area contributed by atoms with Crippen LogP contribution in [0.5, 0.6) is 0 Å². The number of rotatable bonds is 3. The first-order valence-electron chi connectivity index (χ1n) is 7.80. The van der Waals surface area contributed by atoms with E-state index in [1.54, 1.807) is 12.1 Å². The van der Waals surface area contributed by atoms with Crippen LogP contribution in [-0.4, -0.2) is 5.91 Å². The van der Waals surface area contributed by atoms with Crippen LogP contribution in [0.1, 0.15) is 48.0 Å². The van der Waals surface area contributed by atoms with Crippen molar-refractivity contribution in [2.45, 2.75) is 34.6 Å². The van der Waals surface area contributed by atoms with Crippen molar-refractivity contribution in [1.29, 1.82) is 5.26 Å². The molecule has 124 valence electrons. The summed E-state index contributed by atoms with van der Waals surface area (Å²) < 4.78 is 5.15. The third kappa shape index (κ3) is 3.94. The van der Waals surface area contributed by atoms with Gasteiger partial charge in [-0.15, -0.1) is 0 Å². The van der Waals surface area contributed by atoms with Crippen molar-refractivity contribution in [2.75, 3.05) is 0 Å². The van der Waals surface area contributed by atoms with Crippen molar-refractivity contribution in [1.82, 2.24) is 5.32 Å². The zero-order valence-electron chi connectivity index (χ0n) is 14.7. The van der Waals surface area contributed by atoms with E-state index in [0.29, 0.717) is 11.3 Å². The molecule has 0 fully saturated rings. The molecule has 0 aliphatic heterocycles. The van der Waals surface area contributed by atoms with E-state index in [2.05, 4.69) is 17.5 Å². The first-order valence-corrected chi connectivity index (χ1v) is 7.80. The van der Waals surface area contributed by atoms with Gasteiger partial charge in [-0.3, -0.25) is 4.79 Å². The van der Waals surface area contributed by atoms with E-state index in [0.717, 1.165) is 16.7 Å². The Morgan fingerprint density at radius 2 is 1.79 bits per heavy atom. The van der Waals surface area contributed by atoms with Gasteiger partial charge in [-0.2, -0.15) is 5.26 Å². The van der Waals surface area contributed by atoms with Crippen molar-refractivity contribution in [3.63, 3.8) is 0 Å². The molecule has 2 rings (SSSR count). The fourth-order valence-corrected chi connectivity index (χ4v) is 2.59. The summed E-state index contributed by atoms with van der Waals surface area (Å²) in [5.74, 6) is -0.142. The number of carbonyl (C=O) groups is 1. The number of allylic oxidation sites excluding steroid dienone is 2. The highest BCUT2D eigenvalue weighted by Crippen LogP contribution is 2.31. The van der Waals surface area contributed by atoms with Gasteiger partial charge in [-0.1, -0.05) is 50.1 Å². The normalized spacial score (nSPS) is 12.3. The predicted molar refractivity (Wildman–Crippen MR) is 94.1 cm³/mol. The molecule has 0 aliphatic carbocycles. The van der Waals surface area contributed by atoms with E-state index in [4.69, 9.17) is 4.42 Å². The molecule has 0 bridgehead atoms. The lowest BCUT2D eigenvalue weighted by atomic mass is 9.86. The Hall–Kier alpha value is -2.80. The first kappa shape index (κ1) is 17.6. The quantitative estimate of drug-likeness (QED) is 0.839. The zero-order chi connectivity index (χ0) is 17.9. The van der Waals surface area contributed by atoms with Crippen molar-refractivity contribution >= 4 is 11.5 Å². The predicted octanol–water partition coefficient (Wildman–Crippen LogP) is 4.61. The number of hydrogen-bond acceptors (Lipinski definition) is 3. The second kappa shape index (κ2) is 6.76. The molecular weight excluding hydrogens is 300 g/mol. The van der Waals surface area contributed by atoms with E-state index in [-0.39, 0.29) is 11.7 Å². The molecule has 4 nitrogen and oxygen atoms in total. The molecule has 0 saturated heterocycles. The largest absolute Gasteiger partial charge is 0.459 e. The van der Waals surface area contributed by atoms with Crippen molar-refractivity contribution in [3.05, 3.63) is 64.7 Å². The van der Waals surface area contributed by atoms with Gasteiger partial charge >= 0.3 is 0 Å². The molecule has 0 unspecified atom stereocenters. The van der Waals surface area contributed by atoms with E-state index in [1.165, 1.54) is 6.26 Å². The van der Waals surface area contributed by atoms with Gasteiger partial charge in [0.05, 0.1) is 11.8 Å². The molecule has 0 saturated carbocycles. The fraction of sp³-hybridized carbons (Fsp3) is 0.300. The Bertz CT molecular complexity index is 796. The molecule has 1 heterocycles. The highest BCUT2D eigenvalue weighted by molar-refractivity contribution is 5.95. The number of carbonyl (C=O) groups excluding carboxylic acids is 1. The number of nitrogens with one attached hydrogen (secondary N) is 1. The topological polar surface area (TPSA) is 66.0 Å². The van der Waals surface area contributed by atoms with E-state index in [1.807, 2.05) is 46.8 Å². The first-order chi connectivity index (χ1) is 11.2. The summed E-state index contributed by atoms with van der Waals surface area (Å²) in [5, 5.41) is 12.6. The van der Waals surface area contributed by atoms with Crippen LogP contribution in [0.25, 0.3) is 5.57 Å². The van der Waals surface area contributed by atoms with Gasteiger partial charge in [0.1, 0.15) is 6.07 Å². The second-order valence-electron chi connectivity index (χ2n) is 6.92. The smallest absolute Gasteiger partial charge is 0.291 e. The second-order valence-corrected chi connectivity index (χ2v) is 6.92. The number of amides is 1. The van der Waals surface area contributed by atoms with Crippen LogP contribution in [0.15, 0.2) is 46.7 Å². The van der Waals surface area contributed by atoms with Crippen molar-refractivity contribution in [3.8, 4) is 6.07 Å². The molecular formula is C20H22N2O2. The zero-order valence-corrected chi connectivity index (χ0v) is 14.7. The van der Waals surface area contributed by atoms with Gasteiger partial charge in [-0.05, 0) is 31.5 Å². The molecule has 1 amide bonds. The van der Waals surface area contributed by atoms with Crippen LogP contribution < -0.4 is 5.32 Å². The van der Waals surface area contributed by atoms with Gasteiger partial charge in [0, 0.05) is 11.1 Å². The molecule has 1 aromatic heterocycles. The Morgan fingerprint density at radius 1 is 1.17 bits per heavy atom. The summed E-state index contributed by atoms with van der Waals surface area (Å²) in [6.45, 7) is 9.87. The summed E-state index contributed by atoms with van der Waals surface area (Å²) in [5.41, 5.74) is 3.59.